The maximum absolute atomic E-state index is 5.27. The Labute approximate surface area is 114 Å². The third kappa shape index (κ3) is 2.31. The number of ether oxygens (including phenoxy) is 1. The fraction of sp³-hybridized carbons (Fsp3) is 0.375. The van der Waals surface area contributed by atoms with Crippen molar-refractivity contribution >= 4 is 10.8 Å². The van der Waals surface area contributed by atoms with E-state index < -0.39 is 0 Å². The highest BCUT2D eigenvalue weighted by molar-refractivity contribution is 5.84. The summed E-state index contributed by atoms with van der Waals surface area (Å²) in [5, 5.41) is 9.28. The van der Waals surface area contributed by atoms with Crippen molar-refractivity contribution in [3.05, 3.63) is 42.0 Å². The van der Waals surface area contributed by atoms with E-state index in [0.717, 1.165) is 18.8 Å². The van der Waals surface area contributed by atoms with Gasteiger partial charge in [0.25, 0.3) is 0 Å². The maximum Gasteiger partial charge on any atom is 0.119 e. The first-order chi connectivity index (χ1) is 9.31. The van der Waals surface area contributed by atoms with Crippen molar-refractivity contribution in [2.75, 3.05) is 27.2 Å². The van der Waals surface area contributed by atoms with Crippen LogP contribution in [-0.4, -0.2) is 27.2 Å². The summed E-state index contributed by atoms with van der Waals surface area (Å²) in [6.07, 6.45) is 0. The van der Waals surface area contributed by atoms with Crippen molar-refractivity contribution in [2.45, 2.75) is 6.04 Å². The lowest BCUT2D eigenvalue weighted by Gasteiger charge is -2.35. The molecule has 1 unspecified atom stereocenters. The van der Waals surface area contributed by atoms with Gasteiger partial charge in [-0.05, 0) is 41.6 Å². The Balaban J connectivity index is 1.96. The molecule has 19 heavy (non-hydrogen) atoms. The fourth-order valence-corrected chi connectivity index (χ4v) is 2.78. The quantitative estimate of drug-likeness (QED) is 0.881. The molecular formula is C16H20N2O. The highest BCUT2D eigenvalue weighted by atomic mass is 16.5. The van der Waals surface area contributed by atoms with E-state index in [-0.39, 0.29) is 0 Å². The van der Waals surface area contributed by atoms with Gasteiger partial charge in [0.05, 0.1) is 7.11 Å². The van der Waals surface area contributed by atoms with Gasteiger partial charge in [0.15, 0.2) is 0 Å². The summed E-state index contributed by atoms with van der Waals surface area (Å²) in [4.78, 5) is 0. The van der Waals surface area contributed by atoms with Crippen molar-refractivity contribution in [3.8, 4) is 5.75 Å². The number of fused-ring (bicyclic) bond motifs is 1. The average molecular weight is 256 g/mol. The standard InChI is InChI=1S/C16H20N2O/c1-17-16(14-9-18-10-14)13-4-3-12-8-15(19-2)6-5-11(12)7-13/h3-8,14,16-18H,9-10H2,1-2H3. The number of rotatable bonds is 4. The molecule has 3 heteroatoms. The van der Waals surface area contributed by atoms with Crippen molar-refractivity contribution in [1.82, 2.24) is 10.6 Å². The van der Waals surface area contributed by atoms with E-state index in [4.69, 9.17) is 4.74 Å². The second kappa shape index (κ2) is 5.19. The van der Waals surface area contributed by atoms with Crippen LogP contribution in [0.1, 0.15) is 11.6 Å². The third-order valence-corrected chi connectivity index (χ3v) is 4.03. The number of methoxy groups -OCH3 is 1. The normalized spacial score (nSPS) is 17.2. The van der Waals surface area contributed by atoms with Crippen LogP contribution in [0.3, 0.4) is 0 Å². The summed E-state index contributed by atoms with van der Waals surface area (Å²) in [7, 11) is 3.75. The molecule has 1 atom stereocenters. The van der Waals surface area contributed by atoms with Gasteiger partial charge in [-0.15, -0.1) is 0 Å². The first kappa shape index (κ1) is 12.5. The Kier molecular flexibility index (Phi) is 3.40. The van der Waals surface area contributed by atoms with Crippen molar-refractivity contribution < 1.29 is 4.74 Å². The van der Waals surface area contributed by atoms with Gasteiger partial charge in [-0.25, -0.2) is 0 Å². The Morgan fingerprint density at radius 2 is 1.89 bits per heavy atom. The molecule has 100 valence electrons. The van der Waals surface area contributed by atoms with Crippen LogP contribution in [-0.2, 0) is 0 Å². The van der Waals surface area contributed by atoms with Gasteiger partial charge in [0, 0.05) is 25.0 Å². The number of benzene rings is 2. The summed E-state index contributed by atoms with van der Waals surface area (Å²) in [5.74, 6) is 1.61. The summed E-state index contributed by atoms with van der Waals surface area (Å²) in [6, 6.07) is 13.4. The molecule has 2 aromatic carbocycles. The Bertz CT molecular complexity index is 578. The highest BCUT2D eigenvalue weighted by Gasteiger charge is 2.26. The Morgan fingerprint density at radius 1 is 1.16 bits per heavy atom. The molecular weight excluding hydrogens is 236 g/mol. The lowest BCUT2D eigenvalue weighted by atomic mass is 9.88. The van der Waals surface area contributed by atoms with Crippen LogP contribution in [0.25, 0.3) is 10.8 Å². The van der Waals surface area contributed by atoms with Gasteiger partial charge in [0.2, 0.25) is 0 Å². The molecule has 2 aromatic rings. The molecule has 3 rings (SSSR count). The molecule has 0 spiro atoms. The van der Waals surface area contributed by atoms with Crippen LogP contribution in [0, 0.1) is 5.92 Å². The molecule has 1 fully saturated rings. The first-order valence-electron chi connectivity index (χ1n) is 6.77. The van der Waals surface area contributed by atoms with Crippen molar-refractivity contribution in [2.24, 2.45) is 5.92 Å². The summed E-state index contributed by atoms with van der Waals surface area (Å²) in [5.41, 5.74) is 1.37. The van der Waals surface area contributed by atoms with E-state index in [1.165, 1.54) is 16.3 Å². The molecule has 1 aliphatic heterocycles. The SMILES string of the molecule is CNC(c1ccc2cc(OC)ccc2c1)C1CNC1. The van der Waals surface area contributed by atoms with Crippen LogP contribution in [0.15, 0.2) is 36.4 Å². The average Bonchev–Trinajstić information content (AvgIpc) is 2.41. The Morgan fingerprint density at radius 3 is 2.53 bits per heavy atom. The molecule has 3 nitrogen and oxygen atoms in total. The molecule has 1 aliphatic rings. The lowest BCUT2D eigenvalue weighted by molar-refractivity contribution is 0.268. The lowest BCUT2D eigenvalue weighted by Crippen LogP contribution is -2.48. The molecule has 0 radical (unpaired) electrons. The van der Waals surface area contributed by atoms with Crippen LogP contribution in [0.5, 0.6) is 5.75 Å². The largest absolute Gasteiger partial charge is 0.497 e. The second-order valence-corrected chi connectivity index (χ2v) is 5.16. The smallest absolute Gasteiger partial charge is 0.119 e. The summed E-state index contributed by atoms with van der Waals surface area (Å²) >= 11 is 0. The van der Waals surface area contributed by atoms with Crippen molar-refractivity contribution in [3.63, 3.8) is 0 Å². The van der Waals surface area contributed by atoms with Gasteiger partial charge >= 0.3 is 0 Å². The van der Waals surface area contributed by atoms with E-state index in [9.17, 15) is 0 Å². The highest BCUT2D eigenvalue weighted by Crippen LogP contribution is 2.29. The number of hydrogen-bond acceptors (Lipinski definition) is 3. The molecule has 0 bridgehead atoms. The fourth-order valence-electron chi connectivity index (χ4n) is 2.78. The predicted molar refractivity (Wildman–Crippen MR) is 78.7 cm³/mol. The monoisotopic (exact) mass is 256 g/mol. The zero-order valence-electron chi connectivity index (χ0n) is 11.4. The second-order valence-electron chi connectivity index (χ2n) is 5.16. The van der Waals surface area contributed by atoms with Crippen molar-refractivity contribution in [1.29, 1.82) is 0 Å². The van der Waals surface area contributed by atoms with Gasteiger partial charge in [0.1, 0.15) is 5.75 Å². The van der Waals surface area contributed by atoms with Gasteiger partial charge < -0.3 is 15.4 Å². The number of hydrogen-bond donors (Lipinski definition) is 2. The minimum Gasteiger partial charge on any atom is -0.497 e. The zero-order chi connectivity index (χ0) is 13.2. The van der Waals surface area contributed by atoms with E-state index in [2.05, 4.69) is 41.0 Å². The molecule has 1 heterocycles. The van der Waals surface area contributed by atoms with Crippen LogP contribution < -0.4 is 15.4 Å². The van der Waals surface area contributed by atoms with Crippen LogP contribution >= 0.6 is 0 Å². The number of nitrogens with one attached hydrogen (secondary N) is 2. The van der Waals surface area contributed by atoms with Gasteiger partial charge in [-0.1, -0.05) is 18.2 Å². The minimum atomic E-state index is 0.438. The van der Waals surface area contributed by atoms with E-state index in [1.54, 1.807) is 7.11 Å². The van der Waals surface area contributed by atoms with Gasteiger partial charge in [-0.3, -0.25) is 0 Å². The minimum absolute atomic E-state index is 0.438. The zero-order valence-corrected chi connectivity index (χ0v) is 11.4. The van der Waals surface area contributed by atoms with E-state index in [1.807, 2.05) is 13.1 Å². The molecule has 1 saturated heterocycles. The third-order valence-electron chi connectivity index (χ3n) is 4.03. The first-order valence-corrected chi connectivity index (χ1v) is 6.77. The molecule has 2 N–H and O–H groups in total. The van der Waals surface area contributed by atoms with E-state index in [0.29, 0.717) is 12.0 Å². The summed E-state index contributed by atoms with van der Waals surface area (Å²) < 4.78 is 5.27. The van der Waals surface area contributed by atoms with Gasteiger partial charge in [-0.2, -0.15) is 0 Å². The molecule has 0 amide bonds. The predicted octanol–water partition coefficient (Wildman–Crippen LogP) is 2.33. The molecule has 0 aromatic heterocycles. The topological polar surface area (TPSA) is 33.3 Å². The van der Waals surface area contributed by atoms with E-state index >= 15 is 0 Å². The van der Waals surface area contributed by atoms with Crippen LogP contribution in [0.4, 0.5) is 0 Å². The van der Waals surface area contributed by atoms with Crippen LogP contribution in [0.2, 0.25) is 0 Å². The Hall–Kier alpha value is -1.58. The maximum atomic E-state index is 5.27. The molecule has 0 aliphatic carbocycles. The molecule has 0 saturated carbocycles. The summed E-state index contributed by atoms with van der Waals surface area (Å²) in [6.45, 7) is 2.21.